The molecule has 0 fully saturated rings. The predicted molar refractivity (Wildman–Crippen MR) is 100 cm³/mol. The second-order valence-corrected chi connectivity index (χ2v) is 6.69. The van der Waals surface area contributed by atoms with Crippen LogP contribution in [0.1, 0.15) is 25.3 Å². The number of benzene rings is 2. The molecule has 0 saturated heterocycles. The van der Waals surface area contributed by atoms with E-state index in [0.717, 1.165) is 11.3 Å². The first-order valence-corrected chi connectivity index (χ1v) is 8.61. The fourth-order valence-corrected chi connectivity index (χ4v) is 2.95. The third kappa shape index (κ3) is 2.88. The van der Waals surface area contributed by atoms with Crippen LogP contribution in [0, 0.1) is 4.77 Å². The van der Waals surface area contributed by atoms with Crippen LogP contribution in [0.25, 0.3) is 11.4 Å². The Labute approximate surface area is 155 Å². The van der Waals surface area contributed by atoms with Crippen molar-refractivity contribution in [3.05, 3.63) is 46.7 Å². The van der Waals surface area contributed by atoms with Gasteiger partial charge in [-0.3, -0.25) is 5.43 Å². The molecule has 0 aliphatic carbocycles. The van der Waals surface area contributed by atoms with Crippen molar-refractivity contribution in [3.63, 3.8) is 0 Å². The highest BCUT2D eigenvalue weighted by molar-refractivity contribution is 7.71. The summed E-state index contributed by atoms with van der Waals surface area (Å²) in [5, 5.41) is 17.4. The lowest BCUT2D eigenvalue weighted by molar-refractivity contribution is 0.174. The van der Waals surface area contributed by atoms with Gasteiger partial charge in [0.1, 0.15) is 5.75 Å². The van der Waals surface area contributed by atoms with Crippen molar-refractivity contribution in [2.75, 3.05) is 12.2 Å². The minimum atomic E-state index is 0.136. The third-order valence-electron chi connectivity index (χ3n) is 4.21. The monoisotopic (exact) mass is 370 g/mol. The SMILES string of the molecule is CC(C)c1ccc(O)c(-c2n[nH]c(=S)n2Nc2ccc3c(c2)OCO3)c1. The number of ether oxygens (including phenoxy) is 2. The number of aromatic hydroxyl groups is 1. The first-order chi connectivity index (χ1) is 12.5. The molecule has 4 rings (SSSR count). The van der Waals surface area contributed by atoms with Crippen molar-refractivity contribution >= 4 is 17.9 Å². The summed E-state index contributed by atoms with van der Waals surface area (Å²) in [4.78, 5) is 0. The van der Waals surface area contributed by atoms with Crippen molar-refractivity contribution in [2.24, 2.45) is 0 Å². The number of aromatic nitrogens is 3. The number of fused-ring (bicyclic) bond motifs is 1. The molecule has 1 aliphatic heterocycles. The second kappa shape index (κ2) is 6.38. The van der Waals surface area contributed by atoms with E-state index in [1.807, 2.05) is 30.3 Å². The van der Waals surface area contributed by atoms with Gasteiger partial charge in [0.15, 0.2) is 17.3 Å². The maximum Gasteiger partial charge on any atom is 0.231 e. The van der Waals surface area contributed by atoms with Crippen LogP contribution in [-0.4, -0.2) is 26.8 Å². The Bertz CT molecular complexity index is 1030. The Balaban J connectivity index is 1.75. The topological polar surface area (TPSA) is 84.3 Å². The van der Waals surface area contributed by atoms with Crippen LogP contribution in [0.5, 0.6) is 17.2 Å². The maximum absolute atomic E-state index is 10.3. The van der Waals surface area contributed by atoms with Gasteiger partial charge in [-0.05, 0) is 48.0 Å². The Morgan fingerprint density at radius 1 is 1.19 bits per heavy atom. The molecule has 2 aromatic carbocycles. The minimum Gasteiger partial charge on any atom is -0.507 e. The molecular formula is C18H18N4O3S. The van der Waals surface area contributed by atoms with Crippen LogP contribution >= 0.6 is 12.2 Å². The summed E-state index contributed by atoms with van der Waals surface area (Å²) in [6, 6.07) is 11.0. The number of aromatic amines is 1. The highest BCUT2D eigenvalue weighted by atomic mass is 32.1. The number of nitrogens with one attached hydrogen (secondary N) is 2. The number of H-pyrrole nitrogens is 1. The smallest absolute Gasteiger partial charge is 0.231 e. The maximum atomic E-state index is 10.3. The molecule has 8 heteroatoms. The van der Waals surface area contributed by atoms with Gasteiger partial charge in [0, 0.05) is 6.07 Å². The van der Waals surface area contributed by atoms with E-state index in [4.69, 9.17) is 21.7 Å². The van der Waals surface area contributed by atoms with E-state index in [1.54, 1.807) is 10.7 Å². The van der Waals surface area contributed by atoms with Crippen molar-refractivity contribution in [2.45, 2.75) is 19.8 Å². The number of hydrogen-bond acceptors (Lipinski definition) is 6. The Hall–Kier alpha value is -3.00. The molecule has 0 spiro atoms. The van der Waals surface area contributed by atoms with Gasteiger partial charge in [0.25, 0.3) is 0 Å². The average Bonchev–Trinajstić information content (AvgIpc) is 3.22. The molecule has 134 valence electrons. The molecule has 1 aliphatic rings. The van der Waals surface area contributed by atoms with E-state index in [0.29, 0.717) is 33.6 Å². The third-order valence-corrected chi connectivity index (χ3v) is 4.49. The first-order valence-electron chi connectivity index (χ1n) is 8.20. The van der Waals surface area contributed by atoms with Gasteiger partial charge in [-0.15, -0.1) is 0 Å². The van der Waals surface area contributed by atoms with Gasteiger partial charge in [0.05, 0.1) is 11.3 Å². The quantitative estimate of drug-likeness (QED) is 0.601. The zero-order valence-corrected chi connectivity index (χ0v) is 15.1. The molecule has 3 N–H and O–H groups in total. The molecule has 3 aromatic rings. The van der Waals surface area contributed by atoms with E-state index in [1.165, 1.54) is 0 Å². The van der Waals surface area contributed by atoms with Crippen LogP contribution in [0.4, 0.5) is 5.69 Å². The van der Waals surface area contributed by atoms with Crippen LogP contribution in [0.2, 0.25) is 0 Å². The summed E-state index contributed by atoms with van der Waals surface area (Å²) < 4.78 is 12.7. The summed E-state index contributed by atoms with van der Waals surface area (Å²) in [5.41, 5.74) is 5.65. The largest absolute Gasteiger partial charge is 0.507 e. The fourth-order valence-electron chi connectivity index (χ4n) is 2.77. The Morgan fingerprint density at radius 3 is 2.81 bits per heavy atom. The zero-order valence-electron chi connectivity index (χ0n) is 14.3. The van der Waals surface area contributed by atoms with E-state index in [9.17, 15) is 5.11 Å². The fraction of sp³-hybridized carbons (Fsp3) is 0.222. The number of hydrogen-bond donors (Lipinski definition) is 3. The van der Waals surface area contributed by atoms with Gasteiger partial charge < -0.3 is 14.6 Å². The summed E-state index contributed by atoms with van der Waals surface area (Å²) in [5.74, 6) is 2.32. The first kappa shape index (κ1) is 16.5. The number of anilines is 1. The summed E-state index contributed by atoms with van der Waals surface area (Å²) >= 11 is 5.34. The van der Waals surface area contributed by atoms with E-state index in [2.05, 4.69) is 29.5 Å². The van der Waals surface area contributed by atoms with Crippen LogP contribution in [0.3, 0.4) is 0 Å². The Morgan fingerprint density at radius 2 is 2.00 bits per heavy atom. The van der Waals surface area contributed by atoms with Crippen LogP contribution < -0.4 is 14.9 Å². The van der Waals surface area contributed by atoms with Gasteiger partial charge in [-0.1, -0.05) is 19.9 Å². The van der Waals surface area contributed by atoms with Crippen LogP contribution in [-0.2, 0) is 0 Å². The lowest BCUT2D eigenvalue weighted by Gasteiger charge is -2.13. The lowest BCUT2D eigenvalue weighted by Crippen LogP contribution is -2.11. The second-order valence-electron chi connectivity index (χ2n) is 6.30. The molecule has 26 heavy (non-hydrogen) atoms. The predicted octanol–water partition coefficient (Wildman–Crippen LogP) is 4.04. The number of rotatable bonds is 4. The van der Waals surface area contributed by atoms with Gasteiger partial charge in [0.2, 0.25) is 11.6 Å². The van der Waals surface area contributed by atoms with E-state index in [-0.39, 0.29) is 12.5 Å². The molecule has 2 heterocycles. The molecule has 0 amide bonds. The highest BCUT2D eigenvalue weighted by Gasteiger charge is 2.17. The summed E-state index contributed by atoms with van der Waals surface area (Å²) in [6.45, 7) is 4.40. The molecule has 7 nitrogen and oxygen atoms in total. The molecule has 0 bridgehead atoms. The lowest BCUT2D eigenvalue weighted by atomic mass is 10.00. The van der Waals surface area contributed by atoms with Gasteiger partial charge >= 0.3 is 0 Å². The van der Waals surface area contributed by atoms with Crippen molar-refractivity contribution in [3.8, 4) is 28.6 Å². The number of nitrogens with zero attached hydrogens (tertiary/aromatic N) is 2. The summed E-state index contributed by atoms with van der Waals surface area (Å²) in [6.07, 6.45) is 0. The minimum absolute atomic E-state index is 0.136. The van der Waals surface area contributed by atoms with Crippen LogP contribution in [0.15, 0.2) is 36.4 Å². The van der Waals surface area contributed by atoms with Crippen molar-refractivity contribution < 1.29 is 14.6 Å². The highest BCUT2D eigenvalue weighted by Crippen LogP contribution is 2.35. The molecule has 1 aromatic heterocycles. The molecule has 0 radical (unpaired) electrons. The molecule has 0 atom stereocenters. The van der Waals surface area contributed by atoms with Crippen molar-refractivity contribution in [1.29, 1.82) is 0 Å². The Kier molecular flexibility index (Phi) is 4.04. The number of phenols is 1. The van der Waals surface area contributed by atoms with E-state index >= 15 is 0 Å². The average molecular weight is 370 g/mol. The van der Waals surface area contributed by atoms with Gasteiger partial charge in [-0.2, -0.15) is 5.10 Å². The van der Waals surface area contributed by atoms with Gasteiger partial charge in [-0.25, -0.2) is 9.77 Å². The summed E-state index contributed by atoms with van der Waals surface area (Å²) in [7, 11) is 0. The number of phenolic OH excluding ortho intramolecular Hbond substituents is 1. The van der Waals surface area contributed by atoms with E-state index < -0.39 is 0 Å². The van der Waals surface area contributed by atoms with Crippen molar-refractivity contribution in [1.82, 2.24) is 14.9 Å². The zero-order chi connectivity index (χ0) is 18.3. The molecular weight excluding hydrogens is 352 g/mol. The molecule has 0 unspecified atom stereocenters. The normalized spacial score (nSPS) is 12.6. The molecule has 0 saturated carbocycles. The standard InChI is InChI=1S/C18H18N4O3S/c1-10(2)11-3-5-14(23)13(7-11)17-19-20-18(26)22(17)21-12-4-6-15-16(8-12)25-9-24-15/h3-8,10,21,23H,9H2,1-2H3,(H,20,26).